The number of benzene rings is 2. The van der Waals surface area contributed by atoms with Crippen LogP contribution in [0.2, 0.25) is 0 Å². The van der Waals surface area contributed by atoms with Gasteiger partial charge < -0.3 is 24.3 Å². The summed E-state index contributed by atoms with van der Waals surface area (Å²) >= 11 is 6.27. The average Bonchev–Trinajstić information content (AvgIpc) is 3.47. The number of halogens is 1. The molecule has 5 rings (SSSR count). The second-order valence-electron chi connectivity index (χ2n) is 9.02. The number of aromatic amines is 1. The lowest BCUT2D eigenvalue weighted by atomic mass is 10.0. The van der Waals surface area contributed by atoms with E-state index < -0.39 is 0 Å². The zero-order valence-corrected chi connectivity index (χ0v) is 19.7. The van der Waals surface area contributed by atoms with E-state index in [4.69, 9.17) is 16.0 Å². The molecule has 4 aromatic rings. The van der Waals surface area contributed by atoms with Gasteiger partial charge in [0.1, 0.15) is 11.2 Å². The lowest BCUT2D eigenvalue weighted by Crippen LogP contribution is -2.30. The molecule has 2 aromatic carbocycles. The Kier molecular flexibility index (Phi) is 5.54. The second kappa shape index (κ2) is 8.39. The number of nitrogens with zero attached hydrogens (tertiary/aromatic N) is 3. The number of aromatic hydroxyl groups is 1. The number of rotatable bonds is 6. The number of nitrogens with one attached hydrogen (secondary N) is 1. The number of amides is 1. The summed E-state index contributed by atoms with van der Waals surface area (Å²) in [5.41, 5.74) is 5.07. The van der Waals surface area contributed by atoms with Gasteiger partial charge in [0, 0.05) is 47.8 Å². The molecule has 0 saturated heterocycles. The third-order valence-corrected chi connectivity index (χ3v) is 6.66. The molecule has 33 heavy (non-hydrogen) atoms. The molecule has 0 bridgehead atoms. The van der Waals surface area contributed by atoms with Crippen molar-refractivity contribution < 1.29 is 14.3 Å². The summed E-state index contributed by atoms with van der Waals surface area (Å²) in [5, 5.41) is 11.5. The molecule has 1 amide bonds. The second-order valence-corrected chi connectivity index (χ2v) is 9.33. The van der Waals surface area contributed by atoms with Gasteiger partial charge in [0.15, 0.2) is 17.2 Å². The Morgan fingerprint density at radius 1 is 1.33 bits per heavy atom. The minimum absolute atomic E-state index is 0.0311. The Hall–Kier alpha value is -3.03. The molecule has 8 heteroatoms. The van der Waals surface area contributed by atoms with Gasteiger partial charge in [0.2, 0.25) is 0 Å². The lowest BCUT2D eigenvalue weighted by Gasteiger charge is -2.17. The van der Waals surface area contributed by atoms with Gasteiger partial charge in [-0.25, -0.2) is 4.98 Å². The Labute approximate surface area is 196 Å². The van der Waals surface area contributed by atoms with Crippen LogP contribution in [0.4, 0.5) is 5.69 Å². The number of aryl methyl sites for hydroxylation is 2. The molecule has 0 saturated carbocycles. The Morgan fingerprint density at radius 2 is 2.15 bits per heavy atom. The third-order valence-electron chi connectivity index (χ3n) is 6.29. The number of phenolic OH excluding ortho intramolecular Hbond substituents is 1. The number of alkyl halides is 1. The molecule has 0 spiro atoms. The fourth-order valence-electron chi connectivity index (χ4n) is 4.73. The van der Waals surface area contributed by atoms with E-state index in [9.17, 15) is 9.90 Å². The highest BCUT2D eigenvalue weighted by Crippen LogP contribution is 2.45. The van der Waals surface area contributed by atoms with Crippen LogP contribution in [0.15, 0.2) is 34.7 Å². The number of carbonyl (C=O) groups is 1. The fraction of sp³-hybridized carbons (Fsp3) is 0.360. The molecular weight excluding hydrogens is 440 g/mol. The average molecular weight is 467 g/mol. The summed E-state index contributed by atoms with van der Waals surface area (Å²) in [6.45, 7) is 3.20. The first kappa shape index (κ1) is 21.8. The van der Waals surface area contributed by atoms with Crippen LogP contribution in [0, 0.1) is 6.92 Å². The van der Waals surface area contributed by atoms with Crippen LogP contribution in [0.25, 0.3) is 22.0 Å². The van der Waals surface area contributed by atoms with Crippen LogP contribution in [0.5, 0.6) is 5.75 Å². The van der Waals surface area contributed by atoms with Crippen LogP contribution >= 0.6 is 11.6 Å². The molecule has 7 nitrogen and oxygen atoms in total. The maximum Gasteiger partial charge on any atom is 0.274 e. The first-order valence-electron chi connectivity index (χ1n) is 11.1. The number of carbonyl (C=O) groups excluding carboxylic acids is 1. The van der Waals surface area contributed by atoms with E-state index in [0.29, 0.717) is 40.8 Å². The van der Waals surface area contributed by atoms with Gasteiger partial charge in [-0.1, -0.05) is 6.07 Å². The fourth-order valence-corrected chi connectivity index (χ4v) is 4.98. The van der Waals surface area contributed by atoms with E-state index in [0.717, 1.165) is 35.9 Å². The summed E-state index contributed by atoms with van der Waals surface area (Å²) in [6.07, 6.45) is 2.07. The Morgan fingerprint density at radius 3 is 2.91 bits per heavy atom. The van der Waals surface area contributed by atoms with Gasteiger partial charge in [0.25, 0.3) is 5.91 Å². The molecule has 2 aromatic heterocycles. The van der Waals surface area contributed by atoms with Gasteiger partial charge >= 0.3 is 0 Å². The minimum Gasteiger partial charge on any atom is -0.504 e. The van der Waals surface area contributed by atoms with Crippen molar-refractivity contribution in [2.75, 3.05) is 38.0 Å². The number of aromatic nitrogens is 2. The molecule has 1 aliphatic rings. The van der Waals surface area contributed by atoms with Crippen molar-refractivity contribution in [3.05, 3.63) is 53.0 Å². The number of H-pyrrole nitrogens is 1. The maximum absolute atomic E-state index is 13.5. The van der Waals surface area contributed by atoms with E-state index in [1.165, 1.54) is 5.56 Å². The summed E-state index contributed by atoms with van der Waals surface area (Å²) in [4.78, 5) is 25.1. The smallest absolute Gasteiger partial charge is 0.274 e. The van der Waals surface area contributed by atoms with Crippen molar-refractivity contribution in [1.82, 2.24) is 14.9 Å². The van der Waals surface area contributed by atoms with Crippen molar-refractivity contribution in [2.45, 2.75) is 25.7 Å². The molecular formula is C25H27ClN4O3. The number of oxazole rings is 1. The zero-order chi connectivity index (χ0) is 23.3. The third kappa shape index (κ3) is 3.85. The number of phenols is 1. The normalized spacial score (nSPS) is 15.8. The van der Waals surface area contributed by atoms with E-state index in [1.807, 2.05) is 12.1 Å². The first-order chi connectivity index (χ1) is 15.9. The van der Waals surface area contributed by atoms with Crippen molar-refractivity contribution in [1.29, 1.82) is 0 Å². The summed E-state index contributed by atoms with van der Waals surface area (Å²) in [5.74, 6) is 0.519. The van der Waals surface area contributed by atoms with Gasteiger partial charge in [-0.15, -0.1) is 11.6 Å². The van der Waals surface area contributed by atoms with Crippen LogP contribution in [0.3, 0.4) is 0 Å². The molecule has 3 heterocycles. The van der Waals surface area contributed by atoms with Gasteiger partial charge in [-0.3, -0.25) is 4.79 Å². The standard InChI is InChI=1S/C25H27ClN4O3/c1-14-27-23-22-17(12-26)13-30(20(22)11-21(31)24(23)33-14)25(32)19-10-16-9-15(5-4-8-29(2)3)6-7-18(16)28-19/h6-7,9-11,17,28,31H,4-5,8,12-13H2,1-3H3. The van der Waals surface area contributed by atoms with Crippen LogP contribution in [-0.2, 0) is 6.42 Å². The van der Waals surface area contributed by atoms with Gasteiger partial charge in [-0.2, -0.15) is 0 Å². The molecule has 0 aliphatic carbocycles. The number of anilines is 1. The summed E-state index contributed by atoms with van der Waals surface area (Å²) in [7, 11) is 4.15. The van der Waals surface area contributed by atoms with E-state index in [2.05, 4.69) is 41.1 Å². The molecule has 1 atom stereocenters. The molecule has 172 valence electrons. The summed E-state index contributed by atoms with van der Waals surface area (Å²) < 4.78 is 5.57. The first-order valence-corrected chi connectivity index (χ1v) is 11.7. The Bertz CT molecular complexity index is 1360. The van der Waals surface area contributed by atoms with E-state index in [-0.39, 0.29) is 17.6 Å². The largest absolute Gasteiger partial charge is 0.504 e. The molecule has 0 radical (unpaired) electrons. The predicted octanol–water partition coefficient (Wildman–Crippen LogP) is 4.80. The molecule has 1 unspecified atom stereocenters. The highest BCUT2D eigenvalue weighted by atomic mass is 35.5. The van der Waals surface area contributed by atoms with Crippen molar-refractivity contribution in [3.8, 4) is 5.75 Å². The minimum atomic E-state index is -0.159. The Balaban J connectivity index is 1.48. The monoisotopic (exact) mass is 466 g/mol. The van der Waals surface area contributed by atoms with Gasteiger partial charge in [-0.05, 0) is 57.2 Å². The quantitative estimate of drug-likeness (QED) is 0.399. The van der Waals surface area contributed by atoms with E-state index in [1.54, 1.807) is 17.9 Å². The topological polar surface area (TPSA) is 85.6 Å². The zero-order valence-electron chi connectivity index (χ0n) is 19.0. The highest BCUT2D eigenvalue weighted by molar-refractivity contribution is 6.19. The molecule has 2 N–H and O–H groups in total. The van der Waals surface area contributed by atoms with Crippen molar-refractivity contribution in [2.24, 2.45) is 0 Å². The van der Waals surface area contributed by atoms with Crippen LogP contribution in [0.1, 0.15) is 39.8 Å². The van der Waals surface area contributed by atoms with E-state index >= 15 is 0 Å². The number of hydrogen-bond acceptors (Lipinski definition) is 5. The summed E-state index contributed by atoms with van der Waals surface area (Å²) in [6, 6.07) is 9.77. The van der Waals surface area contributed by atoms with Crippen LogP contribution in [-0.4, -0.2) is 58.9 Å². The highest BCUT2D eigenvalue weighted by Gasteiger charge is 2.37. The molecule has 0 fully saturated rings. The maximum atomic E-state index is 13.5. The SMILES string of the molecule is Cc1nc2c3c(cc(O)c2o1)N(C(=O)c1cc2cc(CCCN(C)C)ccc2[nH]1)CC3CCl. The van der Waals surface area contributed by atoms with Gasteiger partial charge in [0.05, 0.1) is 5.69 Å². The lowest BCUT2D eigenvalue weighted by molar-refractivity contribution is 0.0984. The number of hydrogen-bond donors (Lipinski definition) is 2. The van der Waals surface area contributed by atoms with Crippen LogP contribution < -0.4 is 4.90 Å². The van der Waals surface area contributed by atoms with Crippen molar-refractivity contribution in [3.63, 3.8) is 0 Å². The molecule has 1 aliphatic heterocycles. The predicted molar refractivity (Wildman–Crippen MR) is 131 cm³/mol. The number of fused-ring (bicyclic) bond motifs is 4. The van der Waals surface area contributed by atoms with Crippen molar-refractivity contribution >= 4 is 45.2 Å².